The molecule has 3 aromatic carbocycles. The Labute approximate surface area is 199 Å². The number of rotatable bonds is 5. The van der Waals surface area contributed by atoms with Crippen molar-refractivity contribution in [3.05, 3.63) is 98.5 Å². The summed E-state index contributed by atoms with van der Waals surface area (Å²) < 4.78 is 13.9. The van der Waals surface area contributed by atoms with Gasteiger partial charge in [-0.1, -0.05) is 54.6 Å². The molecule has 0 radical (unpaired) electrons. The molecule has 2 aliphatic rings. The van der Waals surface area contributed by atoms with Gasteiger partial charge in [0.1, 0.15) is 6.61 Å². The van der Waals surface area contributed by atoms with Gasteiger partial charge in [-0.25, -0.2) is 0 Å². The van der Waals surface area contributed by atoms with Crippen molar-refractivity contribution >= 4 is 37.5 Å². The van der Waals surface area contributed by atoms with Gasteiger partial charge in [-0.2, -0.15) is 0 Å². The van der Waals surface area contributed by atoms with Crippen LogP contribution in [0.5, 0.6) is 11.5 Å². The SMILES string of the molecule is COc1cc([C@@H]2Nc3c(Br)cccc3[C@@H]3C=CC[C@@H]32)cc(Br)c1OCc1ccccc1. The molecule has 5 heteroatoms. The fourth-order valence-electron chi connectivity index (χ4n) is 4.70. The standard InChI is InChI=1S/C26H23Br2NO2/c1-30-23-14-17(13-22(28)26(23)31-15-16-7-3-2-4-8-16)24-19-10-5-9-18(19)20-11-6-12-21(27)25(20)29-24/h2-9,11-14,18-19,24,29H,10,15H2,1H3/t18-,19+,24+/m1/s1. The highest BCUT2D eigenvalue weighted by Gasteiger charge is 2.39. The fourth-order valence-corrected chi connectivity index (χ4v) is 5.77. The fraction of sp³-hybridized carbons (Fsp3) is 0.231. The lowest BCUT2D eigenvalue weighted by Gasteiger charge is -2.38. The zero-order chi connectivity index (χ0) is 21.4. The van der Waals surface area contributed by atoms with E-state index in [1.165, 1.54) is 16.8 Å². The van der Waals surface area contributed by atoms with Gasteiger partial charge in [-0.05, 0) is 79.1 Å². The molecule has 1 aliphatic carbocycles. The second-order valence-corrected chi connectivity index (χ2v) is 9.70. The van der Waals surface area contributed by atoms with E-state index in [4.69, 9.17) is 9.47 Å². The molecular weight excluding hydrogens is 518 g/mol. The molecule has 0 aromatic heterocycles. The number of methoxy groups -OCH3 is 1. The van der Waals surface area contributed by atoms with Gasteiger partial charge >= 0.3 is 0 Å². The van der Waals surface area contributed by atoms with E-state index in [1.807, 2.05) is 18.2 Å². The van der Waals surface area contributed by atoms with Gasteiger partial charge in [0.05, 0.1) is 23.3 Å². The van der Waals surface area contributed by atoms with Gasteiger partial charge in [-0.3, -0.25) is 0 Å². The number of hydrogen-bond acceptors (Lipinski definition) is 3. The Morgan fingerprint density at radius 1 is 1.00 bits per heavy atom. The average Bonchev–Trinajstić information content (AvgIpc) is 3.28. The number of anilines is 1. The molecule has 3 nitrogen and oxygen atoms in total. The van der Waals surface area contributed by atoms with Crippen LogP contribution >= 0.6 is 31.9 Å². The van der Waals surface area contributed by atoms with Crippen LogP contribution in [0.1, 0.15) is 35.1 Å². The van der Waals surface area contributed by atoms with Crippen LogP contribution in [0.15, 0.2) is 81.8 Å². The molecule has 1 aliphatic heterocycles. The van der Waals surface area contributed by atoms with Crippen LogP contribution in [-0.4, -0.2) is 7.11 Å². The molecule has 1 heterocycles. The summed E-state index contributed by atoms with van der Waals surface area (Å²) >= 11 is 7.48. The number of halogens is 2. The van der Waals surface area contributed by atoms with Crippen LogP contribution in [0.2, 0.25) is 0 Å². The van der Waals surface area contributed by atoms with Crippen molar-refractivity contribution in [2.24, 2.45) is 5.92 Å². The molecule has 0 fully saturated rings. The summed E-state index contributed by atoms with van der Waals surface area (Å²) in [4.78, 5) is 0. The van der Waals surface area contributed by atoms with Crippen molar-refractivity contribution in [1.82, 2.24) is 0 Å². The Hall–Kier alpha value is -2.24. The molecule has 158 valence electrons. The Morgan fingerprint density at radius 3 is 2.65 bits per heavy atom. The number of ether oxygens (including phenoxy) is 2. The minimum Gasteiger partial charge on any atom is -0.493 e. The second-order valence-electron chi connectivity index (χ2n) is 7.99. The summed E-state index contributed by atoms with van der Waals surface area (Å²) in [5.74, 6) is 2.35. The highest BCUT2D eigenvalue weighted by Crippen LogP contribution is 2.52. The maximum absolute atomic E-state index is 6.14. The van der Waals surface area contributed by atoms with Crippen molar-refractivity contribution in [2.45, 2.75) is 25.0 Å². The number of nitrogens with one attached hydrogen (secondary N) is 1. The summed E-state index contributed by atoms with van der Waals surface area (Å²) in [6.45, 7) is 0.492. The number of fused-ring (bicyclic) bond motifs is 3. The Morgan fingerprint density at radius 2 is 1.84 bits per heavy atom. The van der Waals surface area contributed by atoms with Crippen LogP contribution < -0.4 is 14.8 Å². The van der Waals surface area contributed by atoms with E-state index in [-0.39, 0.29) is 6.04 Å². The predicted octanol–water partition coefficient (Wildman–Crippen LogP) is 7.63. The monoisotopic (exact) mass is 539 g/mol. The third-order valence-electron chi connectivity index (χ3n) is 6.18. The second kappa shape index (κ2) is 8.71. The van der Waals surface area contributed by atoms with Crippen molar-refractivity contribution in [1.29, 1.82) is 0 Å². The van der Waals surface area contributed by atoms with Crippen LogP contribution in [0.25, 0.3) is 0 Å². The molecule has 1 N–H and O–H groups in total. The number of hydrogen-bond donors (Lipinski definition) is 1. The van der Waals surface area contributed by atoms with Crippen molar-refractivity contribution < 1.29 is 9.47 Å². The maximum Gasteiger partial charge on any atom is 0.175 e. The molecule has 0 bridgehead atoms. The molecule has 0 amide bonds. The third-order valence-corrected chi connectivity index (χ3v) is 7.43. The Kier molecular flexibility index (Phi) is 5.81. The normalized spacial score (nSPS) is 21.2. The van der Waals surface area contributed by atoms with E-state index in [9.17, 15) is 0 Å². The van der Waals surface area contributed by atoms with Crippen molar-refractivity contribution in [3.63, 3.8) is 0 Å². The summed E-state index contributed by atoms with van der Waals surface area (Å²) in [7, 11) is 1.70. The molecule has 0 saturated carbocycles. The lowest BCUT2D eigenvalue weighted by atomic mass is 9.77. The van der Waals surface area contributed by atoms with Gasteiger partial charge in [0.25, 0.3) is 0 Å². The molecule has 0 unspecified atom stereocenters. The lowest BCUT2D eigenvalue weighted by Crippen LogP contribution is -2.29. The van der Waals surface area contributed by atoms with Crippen LogP contribution in [0, 0.1) is 5.92 Å². The third kappa shape index (κ3) is 3.90. The van der Waals surface area contributed by atoms with E-state index in [2.05, 4.69) is 91.8 Å². The average molecular weight is 541 g/mol. The van der Waals surface area contributed by atoms with E-state index >= 15 is 0 Å². The molecule has 3 aromatic rings. The summed E-state index contributed by atoms with van der Waals surface area (Å²) in [5, 5.41) is 3.80. The Balaban J connectivity index is 1.48. The molecule has 3 atom stereocenters. The molecule has 0 saturated heterocycles. The van der Waals surface area contributed by atoms with Gasteiger partial charge in [0, 0.05) is 10.4 Å². The Bertz CT molecular complexity index is 1130. The minimum atomic E-state index is 0.180. The van der Waals surface area contributed by atoms with Crippen molar-refractivity contribution in [2.75, 3.05) is 12.4 Å². The smallest absolute Gasteiger partial charge is 0.175 e. The number of allylic oxidation sites excluding steroid dienone is 2. The first-order chi connectivity index (χ1) is 15.2. The summed E-state index contributed by atoms with van der Waals surface area (Å²) in [5.41, 5.74) is 4.85. The summed E-state index contributed by atoms with van der Waals surface area (Å²) in [6, 6.07) is 21.1. The molecular formula is C26H23Br2NO2. The lowest BCUT2D eigenvalue weighted by molar-refractivity contribution is 0.282. The van der Waals surface area contributed by atoms with Crippen LogP contribution in [0.4, 0.5) is 5.69 Å². The maximum atomic E-state index is 6.14. The zero-order valence-corrected chi connectivity index (χ0v) is 20.3. The minimum absolute atomic E-state index is 0.180. The highest BCUT2D eigenvalue weighted by molar-refractivity contribution is 9.11. The quantitative estimate of drug-likeness (QED) is 0.337. The van der Waals surface area contributed by atoms with Crippen LogP contribution in [-0.2, 0) is 6.61 Å². The van der Waals surface area contributed by atoms with E-state index in [0.29, 0.717) is 18.4 Å². The molecule has 31 heavy (non-hydrogen) atoms. The molecule has 0 spiro atoms. The van der Waals surface area contributed by atoms with Crippen molar-refractivity contribution in [3.8, 4) is 11.5 Å². The van der Waals surface area contributed by atoms with Gasteiger partial charge in [-0.15, -0.1) is 0 Å². The van der Waals surface area contributed by atoms with Gasteiger partial charge in [0.2, 0.25) is 0 Å². The van der Waals surface area contributed by atoms with Crippen LogP contribution in [0.3, 0.4) is 0 Å². The number of benzene rings is 3. The largest absolute Gasteiger partial charge is 0.493 e. The first kappa shape index (κ1) is 20.7. The first-order valence-electron chi connectivity index (χ1n) is 10.4. The van der Waals surface area contributed by atoms with E-state index in [1.54, 1.807) is 7.11 Å². The zero-order valence-electron chi connectivity index (χ0n) is 17.1. The first-order valence-corrected chi connectivity index (χ1v) is 12.0. The van der Waals surface area contributed by atoms with E-state index < -0.39 is 0 Å². The van der Waals surface area contributed by atoms with Gasteiger partial charge < -0.3 is 14.8 Å². The molecule has 5 rings (SSSR count). The predicted molar refractivity (Wildman–Crippen MR) is 132 cm³/mol. The van der Waals surface area contributed by atoms with E-state index in [0.717, 1.165) is 32.4 Å². The topological polar surface area (TPSA) is 30.5 Å². The van der Waals surface area contributed by atoms with Gasteiger partial charge in [0.15, 0.2) is 11.5 Å². The summed E-state index contributed by atoms with van der Waals surface area (Å²) in [6.07, 6.45) is 5.72. The number of para-hydroxylation sites is 1. The highest BCUT2D eigenvalue weighted by atomic mass is 79.9.